The summed E-state index contributed by atoms with van der Waals surface area (Å²) in [5, 5.41) is 9.69. The summed E-state index contributed by atoms with van der Waals surface area (Å²) in [6.45, 7) is 1.98. The molecule has 2 aromatic heterocycles. The Morgan fingerprint density at radius 2 is 2.14 bits per heavy atom. The minimum Gasteiger partial charge on any atom is -0.339 e. The second-order valence-corrected chi connectivity index (χ2v) is 5.38. The van der Waals surface area contributed by atoms with Crippen molar-refractivity contribution in [2.75, 3.05) is 13.1 Å². The van der Waals surface area contributed by atoms with Gasteiger partial charge in [-0.3, -0.25) is 4.98 Å². The van der Waals surface area contributed by atoms with Gasteiger partial charge < -0.3 is 9.84 Å². The number of pyridine rings is 1. The number of rotatable bonds is 2. The molecule has 0 bridgehead atoms. The zero-order chi connectivity index (χ0) is 14.1. The molecule has 1 N–H and O–H groups in total. The highest BCUT2D eigenvalue weighted by atomic mass is 16.5. The second kappa shape index (κ2) is 5.26. The van der Waals surface area contributed by atoms with Crippen LogP contribution in [0.25, 0.3) is 22.3 Å². The number of fused-ring (bicyclic) bond motifs is 1. The molecule has 5 heteroatoms. The lowest BCUT2D eigenvalue weighted by atomic mass is 10.00. The van der Waals surface area contributed by atoms with Crippen LogP contribution in [0.5, 0.6) is 0 Å². The Morgan fingerprint density at radius 3 is 3.05 bits per heavy atom. The summed E-state index contributed by atoms with van der Waals surface area (Å²) >= 11 is 0. The molecular weight excluding hydrogens is 264 g/mol. The van der Waals surface area contributed by atoms with Crippen LogP contribution in [0.1, 0.15) is 24.7 Å². The van der Waals surface area contributed by atoms with Crippen LogP contribution in [0.2, 0.25) is 0 Å². The zero-order valence-electron chi connectivity index (χ0n) is 11.6. The van der Waals surface area contributed by atoms with Crippen LogP contribution < -0.4 is 5.32 Å². The minimum absolute atomic E-state index is 0.315. The molecule has 5 nitrogen and oxygen atoms in total. The lowest BCUT2D eigenvalue weighted by Gasteiger charge is -2.18. The second-order valence-electron chi connectivity index (χ2n) is 5.38. The maximum absolute atomic E-state index is 5.47. The van der Waals surface area contributed by atoms with Crippen LogP contribution in [0.3, 0.4) is 0 Å². The van der Waals surface area contributed by atoms with E-state index in [0.717, 1.165) is 42.4 Å². The van der Waals surface area contributed by atoms with Crippen LogP contribution in [0.4, 0.5) is 0 Å². The van der Waals surface area contributed by atoms with Gasteiger partial charge in [0.1, 0.15) is 5.69 Å². The highest BCUT2D eigenvalue weighted by Gasteiger charge is 2.22. The third-order valence-electron chi connectivity index (χ3n) is 3.97. The third-order valence-corrected chi connectivity index (χ3v) is 3.97. The van der Waals surface area contributed by atoms with Crippen molar-refractivity contribution in [1.29, 1.82) is 0 Å². The predicted octanol–water partition coefficient (Wildman–Crippen LogP) is 2.75. The molecule has 1 saturated heterocycles. The fraction of sp³-hybridized carbons (Fsp3) is 0.312. The van der Waals surface area contributed by atoms with Crippen molar-refractivity contribution in [3.63, 3.8) is 0 Å². The van der Waals surface area contributed by atoms with Gasteiger partial charge in [-0.2, -0.15) is 4.98 Å². The average molecular weight is 280 g/mol. The Balaban J connectivity index is 1.74. The van der Waals surface area contributed by atoms with Crippen molar-refractivity contribution in [2.24, 2.45) is 0 Å². The summed E-state index contributed by atoms with van der Waals surface area (Å²) in [5.41, 5.74) is 0.784. The van der Waals surface area contributed by atoms with E-state index in [0.29, 0.717) is 17.6 Å². The van der Waals surface area contributed by atoms with Crippen molar-refractivity contribution < 1.29 is 4.52 Å². The molecule has 0 unspecified atom stereocenters. The highest BCUT2D eigenvalue weighted by molar-refractivity contribution is 5.92. The van der Waals surface area contributed by atoms with Crippen LogP contribution in [0.15, 0.2) is 41.1 Å². The van der Waals surface area contributed by atoms with E-state index in [4.69, 9.17) is 4.52 Å². The molecule has 0 saturated carbocycles. The molecule has 0 aliphatic carbocycles. The predicted molar refractivity (Wildman–Crippen MR) is 79.9 cm³/mol. The molecule has 0 amide bonds. The van der Waals surface area contributed by atoms with Crippen LogP contribution >= 0.6 is 0 Å². The SMILES string of the molecule is c1ccc2c(-c3noc([C@H]4CCCNC4)n3)nccc2c1. The molecule has 1 fully saturated rings. The van der Waals surface area contributed by atoms with Gasteiger partial charge in [0.2, 0.25) is 11.7 Å². The molecule has 106 valence electrons. The summed E-state index contributed by atoms with van der Waals surface area (Å²) in [4.78, 5) is 9.01. The number of hydrogen-bond donors (Lipinski definition) is 1. The number of piperidine rings is 1. The summed E-state index contributed by atoms with van der Waals surface area (Å²) < 4.78 is 5.47. The van der Waals surface area contributed by atoms with Crippen LogP contribution in [0, 0.1) is 0 Å². The topological polar surface area (TPSA) is 63.8 Å². The maximum atomic E-state index is 5.47. The van der Waals surface area contributed by atoms with Crippen molar-refractivity contribution in [3.05, 3.63) is 42.4 Å². The lowest BCUT2D eigenvalue weighted by molar-refractivity contribution is 0.322. The normalized spacial score (nSPS) is 19.0. The Kier molecular flexibility index (Phi) is 3.12. The van der Waals surface area contributed by atoms with Crippen LogP contribution in [-0.4, -0.2) is 28.2 Å². The van der Waals surface area contributed by atoms with E-state index < -0.39 is 0 Å². The smallest absolute Gasteiger partial charge is 0.231 e. The van der Waals surface area contributed by atoms with E-state index in [1.54, 1.807) is 6.20 Å². The van der Waals surface area contributed by atoms with Gasteiger partial charge in [0.25, 0.3) is 0 Å². The van der Waals surface area contributed by atoms with E-state index in [1.165, 1.54) is 0 Å². The van der Waals surface area contributed by atoms with Gasteiger partial charge in [-0.25, -0.2) is 0 Å². The summed E-state index contributed by atoms with van der Waals surface area (Å²) in [6, 6.07) is 10.1. The van der Waals surface area contributed by atoms with Gasteiger partial charge in [0, 0.05) is 18.1 Å². The summed E-state index contributed by atoms with van der Waals surface area (Å²) in [7, 11) is 0. The van der Waals surface area contributed by atoms with Crippen molar-refractivity contribution in [2.45, 2.75) is 18.8 Å². The number of nitrogens with zero attached hydrogens (tertiary/aromatic N) is 3. The van der Waals surface area contributed by atoms with Crippen LogP contribution in [-0.2, 0) is 0 Å². The van der Waals surface area contributed by atoms with Gasteiger partial charge in [0.15, 0.2) is 0 Å². The minimum atomic E-state index is 0.315. The van der Waals surface area contributed by atoms with E-state index in [1.807, 2.05) is 24.3 Å². The number of nitrogens with one attached hydrogen (secondary N) is 1. The van der Waals surface area contributed by atoms with Gasteiger partial charge in [-0.15, -0.1) is 0 Å². The van der Waals surface area contributed by atoms with E-state index in [-0.39, 0.29) is 0 Å². The number of aromatic nitrogens is 3. The molecule has 1 aliphatic heterocycles. The standard InChI is InChI=1S/C16H16N4O/c1-2-6-13-11(4-1)7-9-18-14(13)15-19-16(21-20-15)12-5-3-8-17-10-12/h1-2,4,6-7,9,12,17H,3,5,8,10H2/t12-/m0/s1. The average Bonchev–Trinajstić information content (AvgIpc) is 3.05. The van der Waals surface area contributed by atoms with Gasteiger partial charge >= 0.3 is 0 Å². The summed E-state index contributed by atoms with van der Waals surface area (Å²) in [6.07, 6.45) is 4.03. The first-order valence-corrected chi connectivity index (χ1v) is 7.30. The Morgan fingerprint density at radius 1 is 1.19 bits per heavy atom. The number of benzene rings is 1. The van der Waals surface area contributed by atoms with E-state index in [9.17, 15) is 0 Å². The molecule has 0 radical (unpaired) electrons. The van der Waals surface area contributed by atoms with Crippen molar-refractivity contribution in [3.8, 4) is 11.5 Å². The van der Waals surface area contributed by atoms with Gasteiger partial charge in [-0.1, -0.05) is 29.4 Å². The first-order chi connectivity index (χ1) is 10.4. The van der Waals surface area contributed by atoms with Gasteiger partial charge in [-0.05, 0) is 30.8 Å². The Hall–Kier alpha value is -2.27. The first-order valence-electron chi connectivity index (χ1n) is 7.30. The van der Waals surface area contributed by atoms with Crippen molar-refractivity contribution >= 4 is 10.8 Å². The van der Waals surface area contributed by atoms with E-state index >= 15 is 0 Å². The van der Waals surface area contributed by atoms with Crippen molar-refractivity contribution in [1.82, 2.24) is 20.4 Å². The third kappa shape index (κ3) is 2.29. The van der Waals surface area contributed by atoms with Gasteiger partial charge in [0.05, 0.1) is 5.92 Å². The summed E-state index contributed by atoms with van der Waals surface area (Å²) in [5.74, 6) is 1.61. The Labute approximate surface area is 122 Å². The molecular formula is C16H16N4O. The monoisotopic (exact) mass is 280 g/mol. The molecule has 3 aromatic rings. The number of hydrogen-bond acceptors (Lipinski definition) is 5. The molecule has 21 heavy (non-hydrogen) atoms. The fourth-order valence-corrected chi connectivity index (χ4v) is 2.86. The lowest BCUT2D eigenvalue weighted by Crippen LogP contribution is -2.28. The van der Waals surface area contributed by atoms with E-state index in [2.05, 4.69) is 26.5 Å². The molecule has 1 aliphatic rings. The maximum Gasteiger partial charge on any atom is 0.231 e. The highest BCUT2D eigenvalue weighted by Crippen LogP contribution is 2.27. The molecule has 1 atom stereocenters. The molecule has 1 aromatic carbocycles. The largest absolute Gasteiger partial charge is 0.339 e. The quantitative estimate of drug-likeness (QED) is 0.782. The molecule has 4 rings (SSSR count). The molecule has 3 heterocycles. The molecule has 0 spiro atoms. The Bertz CT molecular complexity index is 756. The fourth-order valence-electron chi connectivity index (χ4n) is 2.86. The first kappa shape index (κ1) is 12.5. The zero-order valence-corrected chi connectivity index (χ0v) is 11.6.